The van der Waals surface area contributed by atoms with Crippen LogP contribution in [-0.2, 0) is 6.42 Å². The molecule has 112 valence electrons. The second-order valence-corrected chi connectivity index (χ2v) is 6.92. The number of benzene rings is 1. The first-order valence-corrected chi connectivity index (χ1v) is 8.63. The summed E-state index contributed by atoms with van der Waals surface area (Å²) in [7, 11) is 0. The van der Waals surface area contributed by atoms with E-state index in [0.29, 0.717) is 12.1 Å². The molecule has 0 saturated carbocycles. The average Bonchev–Trinajstić information content (AvgIpc) is 2.87. The van der Waals surface area contributed by atoms with Crippen LogP contribution in [0.5, 0.6) is 5.75 Å². The van der Waals surface area contributed by atoms with Crippen molar-refractivity contribution in [3.05, 3.63) is 51.7 Å². The summed E-state index contributed by atoms with van der Waals surface area (Å²) in [6, 6.07) is 11.7. The molecule has 0 saturated heterocycles. The molecule has 0 spiro atoms. The summed E-state index contributed by atoms with van der Waals surface area (Å²) in [4.78, 5) is 1.45. The molecule has 1 aromatic heterocycles. The van der Waals surface area contributed by atoms with Gasteiger partial charge in [0.2, 0.25) is 0 Å². The van der Waals surface area contributed by atoms with Gasteiger partial charge in [-0.2, -0.15) is 0 Å². The Balaban J connectivity index is 1.74. The molecular formula is C18H23NOS. The maximum absolute atomic E-state index is 5.96. The van der Waals surface area contributed by atoms with E-state index in [4.69, 9.17) is 4.74 Å². The van der Waals surface area contributed by atoms with Crippen molar-refractivity contribution in [1.82, 2.24) is 5.32 Å². The van der Waals surface area contributed by atoms with Gasteiger partial charge in [0.1, 0.15) is 5.75 Å². The third kappa shape index (κ3) is 3.47. The van der Waals surface area contributed by atoms with E-state index >= 15 is 0 Å². The summed E-state index contributed by atoms with van der Waals surface area (Å²) < 4.78 is 5.96. The Morgan fingerprint density at radius 1 is 1.33 bits per heavy atom. The number of hydrogen-bond donors (Lipinski definition) is 1. The molecule has 1 aromatic carbocycles. The smallest absolute Gasteiger partial charge is 0.126 e. The van der Waals surface area contributed by atoms with E-state index < -0.39 is 0 Å². The van der Waals surface area contributed by atoms with Crippen molar-refractivity contribution in [2.45, 2.75) is 45.2 Å². The highest BCUT2D eigenvalue weighted by Crippen LogP contribution is 2.34. The predicted octanol–water partition coefficient (Wildman–Crippen LogP) is 4.49. The highest BCUT2D eigenvalue weighted by molar-refractivity contribution is 7.09. The van der Waals surface area contributed by atoms with Crippen LogP contribution in [-0.4, -0.2) is 12.6 Å². The largest absolute Gasteiger partial charge is 0.493 e. The van der Waals surface area contributed by atoms with Gasteiger partial charge < -0.3 is 10.1 Å². The molecular weight excluding hydrogens is 278 g/mol. The molecule has 3 rings (SSSR count). The minimum Gasteiger partial charge on any atom is -0.493 e. The van der Waals surface area contributed by atoms with E-state index in [-0.39, 0.29) is 0 Å². The van der Waals surface area contributed by atoms with Crippen molar-refractivity contribution in [1.29, 1.82) is 0 Å². The molecule has 3 heteroatoms. The standard InChI is InChI=1S/C18H23NOS/c1-13-6-3-8-16-17(9-4-10-20-18(13)16)19-14(2)12-15-7-5-11-21-15/h3,5-8,11,14,17,19H,4,9-10,12H2,1-2H3. The van der Waals surface area contributed by atoms with Crippen molar-refractivity contribution in [3.8, 4) is 5.75 Å². The molecule has 2 atom stereocenters. The summed E-state index contributed by atoms with van der Waals surface area (Å²) in [6.07, 6.45) is 3.35. The number of hydrogen-bond acceptors (Lipinski definition) is 3. The van der Waals surface area contributed by atoms with E-state index in [0.717, 1.165) is 31.6 Å². The normalized spacial score (nSPS) is 19.4. The van der Waals surface area contributed by atoms with E-state index in [2.05, 4.69) is 54.9 Å². The van der Waals surface area contributed by atoms with E-state index in [1.54, 1.807) is 0 Å². The molecule has 2 aromatic rings. The molecule has 2 heterocycles. The second kappa shape index (κ2) is 6.63. The molecule has 21 heavy (non-hydrogen) atoms. The van der Waals surface area contributed by atoms with E-state index in [1.807, 2.05) is 11.3 Å². The van der Waals surface area contributed by atoms with Crippen LogP contribution in [0.4, 0.5) is 0 Å². The SMILES string of the molecule is Cc1cccc2c1OCCCC2NC(C)Cc1cccs1. The van der Waals surface area contributed by atoms with Crippen LogP contribution in [0.3, 0.4) is 0 Å². The van der Waals surface area contributed by atoms with Crippen molar-refractivity contribution in [2.75, 3.05) is 6.61 Å². The fourth-order valence-corrected chi connectivity index (χ4v) is 3.91. The van der Waals surface area contributed by atoms with E-state index in [9.17, 15) is 0 Å². The molecule has 0 bridgehead atoms. The Morgan fingerprint density at radius 3 is 3.05 bits per heavy atom. The summed E-state index contributed by atoms with van der Waals surface area (Å²) in [5.41, 5.74) is 2.57. The first-order valence-electron chi connectivity index (χ1n) is 7.75. The number of nitrogens with one attached hydrogen (secondary N) is 1. The van der Waals surface area contributed by atoms with E-state index in [1.165, 1.54) is 16.0 Å². The average molecular weight is 301 g/mol. The lowest BCUT2D eigenvalue weighted by molar-refractivity contribution is 0.312. The van der Waals surface area contributed by atoms with Gasteiger partial charge in [-0.3, -0.25) is 0 Å². The fourth-order valence-electron chi connectivity index (χ4n) is 3.07. The highest BCUT2D eigenvalue weighted by atomic mass is 32.1. The molecule has 0 radical (unpaired) electrons. The van der Waals surface area contributed by atoms with Crippen molar-refractivity contribution in [3.63, 3.8) is 0 Å². The van der Waals surface area contributed by atoms with Gasteiger partial charge in [-0.1, -0.05) is 24.3 Å². The van der Waals surface area contributed by atoms with Gasteiger partial charge in [0.25, 0.3) is 0 Å². The quantitative estimate of drug-likeness (QED) is 0.898. The van der Waals surface area contributed by atoms with Crippen LogP contribution in [0.1, 0.15) is 41.8 Å². The zero-order valence-electron chi connectivity index (χ0n) is 12.8. The third-order valence-electron chi connectivity index (χ3n) is 4.07. The Labute approximate surface area is 131 Å². The fraction of sp³-hybridized carbons (Fsp3) is 0.444. The van der Waals surface area contributed by atoms with Gasteiger partial charge in [0.15, 0.2) is 0 Å². The minimum atomic E-state index is 0.400. The van der Waals surface area contributed by atoms with Crippen molar-refractivity contribution < 1.29 is 4.74 Å². The Bertz CT molecular complexity index is 579. The van der Waals surface area contributed by atoms with Crippen LogP contribution in [0.25, 0.3) is 0 Å². The lowest BCUT2D eigenvalue weighted by Gasteiger charge is -2.23. The molecule has 2 unspecified atom stereocenters. The van der Waals surface area contributed by atoms with Gasteiger partial charge in [0, 0.05) is 22.5 Å². The topological polar surface area (TPSA) is 21.3 Å². The summed E-state index contributed by atoms with van der Waals surface area (Å²) in [5.74, 6) is 1.09. The van der Waals surface area contributed by atoms with Gasteiger partial charge in [-0.05, 0) is 50.1 Å². The molecule has 2 nitrogen and oxygen atoms in total. The number of rotatable bonds is 4. The molecule has 1 N–H and O–H groups in total. The molecule has 0 aliphatic carbocycles. The third-order valence-corrected chi connectivity index (χ3v) is 4.97. The Kier molecular flexibility index (Phi) is 4.61. The number of ether oxygens (including phenoxy) is 1. The number of para-hydroxylation sites is 1. The Hall–Kier alpha value is -1.32. The van der Waals surface area contributed by atoms with Gasteiger partial charge in [-0.15, -0.1) is 11.3 Å². The van der Waals surface area contributed by atoms with Crippen molar-refractivity contribution >= 4 is 11.3 Å². The zero-order valence-corrected chi connectivity index (χ0v) is 13.6. The number of aryl methyl sites for hydroxylation is 1. The second-order valence-electron chi connectivity index (χ2n) is 5.89. The maximum atomic E-state index is 5.96. The summed E-state index contributed by atoms with van der Waals surface area (Å²) >= 11 is 1.84. The van der Waals surface area contributed by atoms with Crippen LogP contribution >= 0.6 is 11.3 Å². The summed E-state index contributed by atoms with van der Waals surface area (Å²) in [5, 5.41) is 5.96. The van der Waals surface area contributed by atoms with Crippen LogP contribution < -0.4 is 10.1 Å². The molecule has 0 amide bonds. The molecule has 0 fully saturated rings. The first kappa shape index (κ1) is 14.6. The van der Waals surface area contributed by atoms with Crippen LogP contribution in [0.15, 0.2) is 35.7 Å². The monoisotopic (exact) mass is 301 g/mol. The number of fused-ring (bicyclic) bond motifs is 1. The van der Waals surface area contributed by atoms with Crippen LogP contribution in [0.2, 0.25) is 0 Å². The summed E-state index contributed by atoms with van der Waals surface area (Å²) in [6.45, 7) is 5.24. The molecule has 1 aliphatic rings. The van der Waals surface area contributed by atoms with Gasteiger partial charge in [0.05, 0.1) is 6.61 Å². The van der Waals surface area contributed by atoms with Gasteiger partial charge >= 0.3 is 0 Å². The predicted molar refractivity (Wildman–Crippen MR) is 89.3 cm³/mol. The Morgan fingerprint density at radius 2 is 2.24 bits per heavy atom. The van der Waals surface area contributed by atoms with Crippen molar-refractivity contribution in [2.24, 2.45) is 0 Å². The maximum Gasteiger partial charge on any atom is 0.126 e. The molecule has 1 aliphatic heterocycles. The minimum absolute atomic E-state index is 0.400. The number of thiophene rings is 1. The van der Waals surface area contributed by atoms with Crippen LogP contribution in [0, 0.1) is 6.92 Å². The lowest BCUT2D eigenvalue weighted by atomic mass is 9.98. The van der Waals surface area contributed by atoms with Gasteiger partial charge in [-0.25, -0.2) is 0 Å². The first-order chi connectivity index (χ1) is 10.2. The lowest BCUT2D eigenvalue weighted by Crippen LogP contribution is -2.32. The zero-order chi connectivity index (χ0) is 14.7. The highest BCUT2D eigenvalue weighted by Gasteiger charge is 2.22.